The summed E-state index contributed by atoms with van der Waals surface area (Å²) in [5, 5.41) is 3.15. The SMILES string of the molecule is O=C(NCC1(c2ccccc2)CCOCC1)C1CC(=O)N(Cc2ccccn2)C1. The van der Waals surface area contributed by atoms with Crippen LogP contribution in [0.1, 0.15) is 30.5 Å². The highest BCUT2D eigenvalue weighted by Gasteiger charge is 2.38. The minimum absolute atomic E-state index is 0.0136. The van der Waals surface area contributed by atoms with Crippen LogP contribution in [0.3, 0.4) is 0 Å². The fraction of sp³-hybridized carbons (Fsp3) is 0.435. The van der Waals surface area contributed by atoms with E-state index in [0.717, 1.165) is 18.5 Å². The quantitative estimate of drug-likeness (QED) is 0.817. The minimum Gasteiger partial charge on any atom is -0.381 e. The molecule has 0 aliphatic carbocycles. The van der Waals surface area contributed by atoms with Crippen LogP contribution in [-0.2, 0) is 26.3 Å². The maximum Gasteiger partial charge on any atom is 0.225 e. The zero-order valence-corrected chi connectivity index (χ0v) is 16.5. The number of amides is 2. The van der Waals surface area contributed by atoms with Crippen LogP contribution in [-0.4, -0.2) is 48.0 Å². The molecule has 0 bridgehead atoms. The van der Waals surface area contributed by atoms with Crippen molar-refractivity contribution in [2.75, 3.05) is 26.3 Å². The molecule has 0 spiro atoms. The van der Waals surface area contributed by atoms with Crippen molar-refractivity contribution in [3.63, 3.8) is 0 Å². The van der Waals surface area contributed by atoms with Crippen LogP contribution in [0.15, 0.2) is 54.7 Å². The number of hydrogen-bond donors (Lipinski definition) is 1. The zero-order chi connectivity index (χ0) is 20.1. The Hall–Kier alpha value is -2.73. The Morgan fingerprint density at radius 3 is 2.62 bits per heavy atom. The lowest BCUT2D eigenvalue weighted by atomic mass is 9.74. The Labute approximate surface area is 171 Å². The van der Waals surface area contributed by atoms with Crippen molar-refractivity contribution in [2.24, 2.45) is 5.92 Å². The second-order valence-electron chi connectivity index (χ2n) is 7.97. The highest BCUT2D eigenvalue weighted by Crippen LogP contribution is 2.34. The van der Waals surface area contributed by atoms with Gasteiger partial charge in [-0.2, -0.15) is 0 Å². The van der Waals surface area contributed by atoms with Crippen LogP contribution in [0.5, 0.6) is 0 Å². The van der Waals surface area contributed by atoms with Crippen molar-refractivity contribution in [3.05, 3.63) is 66.0 Å². The number of aromatic nitrogens is 1. The first kappa shape index (κ1) is 19.6. The van der Waals surface area contributed by atoms with E-state index in [0.29, 0.717) is 32.8 Å². The molecule has 2 amide bonds. The fourth-order valence-corrected chi connectivity index (χ4v) is 4.31. The van der Waals surface area contributed by atoms with Gasteiger partial charge in [-0.05, 0) is 30.5 Å². The first-order chi connectivity index (χ1) is 14.2. The maximum atomic E-state index is 12.9. The normalized spacial score (nSPS) is 21.2. The van der Waals surface area contributed by atoms with Crippen molar-refractivity contribution in [1.82, 2.24) is 15.2 Å². The van der Waals surface area contributed by atoms with Gasteiger partial charge in [0.1, 0.15) is 0 Å². The van der Waals surface area contributed by atoms with E-state index in [1.165, 1.54) is 5.56 Å². The van der Waals surface area contributed by atoms with E-state index in [4.69, 9.17) is 4.74 Å². The molecule has 2 fully saturated rings. The van der Waals surface area contributed by atoms with E-state index in [1.807, 2.05) is 36.4 Å². The van der Waals surface area contributed by atoms with Crippen LogP contribution in [0.4, 0.5) is 0 Å². The molecule has 2 aromatic rings. The van der Waals surface area contributed by atoms with Crippen molar-refractivity contribution in [1.29, 1.82) is 0 Å². The molecule has 4 rings (SSSR count). The van der Waals surface area contributed by atoms with Gasteiger partial charge in [0, 0.05) is 44.3 Å². The summed E-state index contributed by atoms with van der Waals surface area (Å²) in [7, 11) is 0. The summed E-state index contributed by atoms with van der Waals surface area (Å²) in [4.78, 5) is 31.3. The molecule has 0 radical (unpaired) electrons. The molecule has 6 heteroatoms. The summed E-state index contributed by atoms with van der Waals surface area (Å²) in [6, 6.07) is 16.0. The summed E-state index contributed by atoms with van der Waals surface area (Å²) in [6.45, 7) is 2.87. The molecule has 1 atom stereocenters. The largest absolute Gasteiger partial charge is 0.381 e. The van der Waals surface area contributed by atoms with Gasteiger partial charge < -0.3 is 15.0 Å². The van der Waals surface area contributed by atoms with Crippen LogP contribution in [0.2, 0.25) is 0 Å². The highest BCUT2D eigenvalue weighted by molar-refractivity contribution is 5.89. The third-order valence-electron chi connectivity index (χ3n) is 6.10. The Balaban J connectivity index is 1.38. The Morgan fingerprint density at radius 2 is 1.90 bits per heavy atom. The molecule has 2 aliphatic heterocycles. The predicted octanol–water partition coefficient (Wildman–Crippen LogP) is 2.29. The van der Waals surface area contributed by atoms with E-state index >= 15 is 0 Å². The van der Waals surface area contributed by atoms with Crippen molar-refractivity contribution >= 4 is 11.8 Å². The second-order valence-corrected chi connectivity index (χ2v) is 7.97. The first-order valence-corrected chi connectivity index (χ1v) is 10.2. The van der Waals surface area contributed by atoms with Gasteiger partial charge >= 0.3 is 0 Å². The molecule has 1 N–H and O–H groups in total. The molecule has 3 heterocycles. The number of ether oxygens (including phenoxy) is 1. The van der Waals surface area contributed by atoms with Gasteiger partial charge in [-0.25, -0.2) is 0 Å². The molecule has 2 saturated heterocycles. The average molecular weight is 393 g/mol. The fourth-order valence-electron chi connectivity index (χ4n) is 4.31. The number of likely N-dealkylation sites (tertiary alicyclic amines) is 1. The zero-order valence-electron chi connectivity index (χ0n) is 16.5. The predicted molar refractivity (Wildman–Crippen MR) is 109 cm³/mol. The van der Waals surface area contributed by atoms with E-state index in [2.05, 4.69) is 22.4 Å². The number of pyridine rings is 1. The monoisotopic (exact) mass is 393 g/mol. The number of carbonyl (C=O) groups excluding carboxylic acids is 2. The summed E-state index contributed by atoms with van der Waals surface area (Å²) in [6.07, 6.45) is 3.75. The third-order valence-corrected chi connectivity index (χ3v) is 6.10. The maximum absolute atomic E-state index is 12.9. The molecule has 1 unspecified atom stereocenters. The van der Waals surface area contributed by atoms with Gasteiger partial charge in [0.15, 0.2) is 0 Å². The Morgan fingerprint density at radius 1 is 1.14 bits per heavy atom. The number of nitrogens with zero attached hydrogens (tertiary/aromatic N) is 2. The van der Waals surface area contributed by atoms with E-state index in [9.17, 15) is 9.59 Å². The van der Waals surface area contributed by atoms with Gasteiger partial charge in [-0.3, -0.25) is 14.6 Å². The number of benzene rings is 1. The molecular formula is C23H27N3O3. The topological polar surface area (TPSA) is 71.5 Å². The van der Waals surface area contributed by atoms with Crippen LogP contribution in [0, 0.1) is 5.92 Å². The van der Waals surface area contributed by atoms with Gasteiger partial charge in [-0.15, -0.1) is 0 Å². The third kappa shape index (κ3) is 4.48. The van der Waals surface area contributed by atoms with Gasteiger partial charge in [0.05, 0.1) is 18.2 Å². The number of rotatable bonds is 6. The molecule has 1 aromatic carbocycles. The van der Waals surface area contributed by atoms with Crippen molar-refractivity contribution in [3.8, 4) is 0 Å². The van der Waals surface area contributed by atoms with Crippen molar-refractivity contribution < 1.29 is 14.3 Å². The van der Waals surface area contributed by atoms with Crippen LogP contribution in [0.25, 0.3) is 0 Å². The average Bonchev–Trinajstić information content (AvgIpc) is 3.14. The lowest BCUT2D eigenvalue weighted by molar-refractivity contribution is -0.129. The van der Waals surface area contributed by atoms with E-state index in [-0.39, 0.29) is 29.6 Å². The smallest absolute Gasteiger partial charge is 0.225 e. The lowest BCUT2D eigenvalue weighted by Gasteiger charge is -2.38. The number of hydrogen-bond acceptors (Lipinski definition) is 4. The highest BCUT2D eigenvalue weighted by atomic mass is 16.5. The molecule has 6 nitrogen and oxygen atoms in total. The van der Waals surface area contributed by atoms with E-state index < -0.39 is 0 Å². The summed E-state index contributed by atoms with van der Waals surface area (Å²) in [5.41, 5.74) is 1.97. The second kappa shape index (κ2) is 8.74. The summed E-state index contributed by atoms with van der Waals surface area (Å²) >= 11 is 0. The lowest BCUT2D eigenvalue weighted by Crippen LogP contribution is -2.46. The van der Waals surface area contributed by atoms with Gasteiger partial charge in [0.25, 0.3) is 0 Å². The standard InChI is InChI=1S/C23H27N3O3/c27-21-14-18(15-26(21)16-20-8-4-5-11-24-20)22(28)25-17-23(9-12-29-13-10-23)19-6-2-1-3-7-19/h1-8,11,18H,9-10,12-17H2,(H,25,28). The summed E-state index contributed by atoms with van der Waals surface area (Å²) in [5.74, 6) is -0.331. The minimum atomic E-state index is -0.307. The summed E-state index contributed by atoms with van der Waals surface area (Å²) < 4.78 is 5.57. The van der Waals surface area contributed by atoms with Gasteiger partial charge in [0.2, 0.25) is 11.8 Å². The van der Waals surface area contributed by atoms with Crippen molar-refractivity contribution in [2.45, 2.75) is 31.2 Å². The van der Waals surface area contributed by atoms with Crippen LogP contribution < -0.4 is 5.32 Å². The number of nitrogens with one attached hydrogen (secondary N) is 1. The molecule has 2 aliphatic rings. The Bertz CT molecular complexity index is 835. The van der Waals surface area contributed by atoms with Crippen LogP contribution >= 0.6 is 0 Å². The molecule has 29 heavy (non-hydrogen) atoms. The van der Waals surface area contributed by atoms with Gasteiger partial charge in [-0.1, -0.05) is 36.4 Å². The first-order valence-electron chi connectivity index (χ1n) is 10.2. The number of carbonyl (C=O) groups is 2. The molecule has 0 saturated carbocycles. The van der Waals surface area contributed by atoms with E-state index in [1.54, 1.807) is 11.1 Å². The molecule has 1 aromatic heterocycles. The molecule has 152 valence electrons. The molecular weight excluding hydrogens is 366 g/mol. The Kier molecular flexibility index (Phi) is 5.90.